The van der Waals surface area contributed by atoms with Crippen LogP contribution in [-0.4, -0.2) is 23.5 Å². The first kappa shape index (κ1) is 13.2. The number of rotatable bonds is 5. The summed E-state index contributed by atoms with van der Waals surface area (Å²) >= 11 is 0. The van der Waals surface area contributed by atoms with Crippen molar-refractivity contribution in [2.75, 3.05) is 24.2 Å². The van der Waals surface area contributed by atoms with Gasteiger partial charge in [0, 0.05) is 19.7 Å². The molecule has 1 aromatic rings. The van der Waals surface area contributed by atoms with Crippen LogP contribution in [-0.2, 0) is 0 Å². The van der Waals surface area contributed by atoms with Gasteiger partial charge in [0.15, 0.2) is 0 Å². The molecule has 0 aliphatic heterocycles. The van der Waals surface area contributed by atoms with Crippen LogP contribution in [0.4, 0.5) is 17.3 Å². The number of anilines is 2. The van der Waals surface area contributed by atoms with Crippen LogP contribution >= 0.6 is 0 Å². The van der Waals surface area contributed by atoms with Crippen molar-refractivity contribution in [2.45, 2.75) is 20.3 Å². The zero-order chi connectivity index (χ0) is 13.0. The minimum atomic E-state index is -0.527. The van der Waals surface area contributed by atoms with Gasteiger partial charge in [0.05, 0.1) is 4.92 Å². The third-order valence-corrected chi connectivity index (χ3v) is 2.76. The lowest BCUT2D eigenvalue weighted by Crippen LogP contribution is -2.24. The topological polar surface area (TPSA) is 85.3 Å². The van der Waals surface area contributed by atoms with Crippen molar-refractivity contribution < 1.29 is 4.92 Å². The Morgan fingerprint density at radius 2 is 2.24 bits per heavy atom. The van der Waals surface area contributed by atoms with Gasteiger partial charge in [-0.2, -0.15) is 0 Å². The molecule has 0 fully saturated rings. The Labute approximate surface area is 101 Å². The lowest BCUT2D eigenvalue weighted by Gasteiger charge is -2.21. The molecule has 0 amide bonds. The standard InChI is InChI=1S/C11H18N4O2/c1-4-8(2)7-14(3)10-6-5-9(15(16)17)11(12)13-10/h5-6,8H,4,7H2,1-3H3,(H2,12,13). The van der Waals surface area contributed by atoms with Crippen LogP contribution in [0.15, 0.2) is 12.1 Å². The fraction of sp³-hybridized carbons (Fsp3) is 0.545. The maximum absolute atomic E-state index is 10.6. The summed E-state index contributed by atoms with van der Waals surface area (Å²) in [6, 6.07) is 3.02. The van der Waals surface area contributed by atoms with Gasteiger partial charge < -0.3 is 10.6 Å². The van der Waals surface area contributed by atoms with E-state index in [0.717, 1.165) is 13.0 Å². The molecule has 94 valence electrons. The fourth-order valence-electron chi connectivity index (χ4n) is 1.51. The second-order valence-electron chi connectivity index (χ2n) is 4.22. The number of pyridine rings is 1. The Morgan fingerprint density at radius 1 is 1.59 bits per heavy atom. The highest BCUT2D eigenvalue weighted by atomic mass is 16.6. The Balaban J connectivity index is 2.86. The van der Waals surface area contributed by atoms with E-state index < -0.39 is 4.92 Å². The molecule has 0 radical (unpaired) electrons. The molecule has 0 aliphatic rings. The number of hydrogen-bond acceptors (Lipinski definition) is 5. The van der Waals surface area contributed by atoms with Crippen LogP contribution in [0.25, 0.3) is 0 Å². The zero-order valence-corrected chi connectivity index (χ0v) is 10.4. The fourth-order valence-corrected chi connectivity index (χ4v) is 1.51. The number of nitrogens with zero attached hydrogens (tertiary/aromatic N) is 3. The van der Waals surface area contributed by atoms with Crippen molar-refractivity contribution in [3.05, 3.63) is 22.2 Å². The maximum atomic E-state index is 10.6. The largest absolute Gasteiger partial charge is 0.378 e. The molecule has 1 heterocycles. The van der Waals surface area contributed by atoms with Crippen molar-refractivity contribution in [1.29, 1.82) is 0 Å². The molecule has 17 heavy (non-hydrogen) atoms. The maximum Gasteiger partial charge on any atom is 0.311 e. The van der Waals surface area contributed by atoms with Gasteiger partial charge in [-0.25, -0.2) is 4.98 Å². The van der Waals surface area contributed by atoms with E-state index in [9.17, 15) is 10.1 Å². The van der Waals surface area contributed by atoms with Crippen molar-refractivity contribution in [2.24, 2.45) is 5.92 Å². The number of nitrogens with two attached hydrogens (primary N) is 1. The van der Waals surface area contributed by atoms with Crippen LogP contribution in [0.2, 0.25) is 0 Å². The summed E-state index contributed by atoms with van der Waals surface area (Å²) in [4.78, 5) is 16.1. The molecule has 6 nitrogen and oxygen atoms in total. The van der Waals surface area contributed by atoms with E-state index in [0.29, 0.717) is 11.7 Å². The molecule has 1 unspecified atom stereocenters. The highest BCUT2D eigenvalue weighted by molar-refractivity contribution is 5.57. The molecular weight excluding hydrogens is 220 g/mol. The second kappa shape index (κ2) is 5.47. The predicted molar refractivity (Wildman–Crippen MR) is 68.0 cm³/mol. The molecule has 0 spiro atoms. The third kappa shape index (κ3) is 3.30. The lowest BCUT2D eigenvalue weighted by molar-refractivity contribution is -0.384. The summed E-state index contributed by atoms with van der Waals surface area (Å²) in [6.45, 7) is 5.11. The predicted octanol–water partition coefficient (Wildman–Crippen LogP) is 2.05. The van der Waals surface area contributed by atoms with Crippen molar-refractivity contribution in [1.82, 2.24) is 4.98 Å². The number of nitrogen functional groups attached to an aromatic ring is 1. The summed E-state index contributed by atoms with van der Waals surface area (Å²) in [5.41, 5.74) is 5.40. The molecule has 1 aromatic heterocycles. The minimum absolute atomic E-state index is 0.0384. The highest BCUT2D eigenvalue weighted by Crippen LogP contribution is 2.22. The van der Waals surface area contributed by atoms with Gasteiger partial charge in [-0.3, -0.25) is 10.1 Å². The first-order chi connectivity index (χ1) is 7.95. The van der Waals surface area contributed by atoms with Gasteiger partial charge >= 0.3 is 5.69 Å². The smallest absolute Gasteiger partial charge is 0.311 e. The SMILES string of the molecule is CCC(C)CN(C)c1ccc([N+](=O)[O-])c(N)n1. The van der Waals surface area contributed by atoms with Crippen LogP contribution in [0.1, 0.15) is 20.3 Å². The van der Waals surface area contributed by atoms with E-state index in [2.05, 4.69) is 18.8 Å². The molecule has 0 saturated heterocycles. The van der Waals surface area contributed by atoms with Gasteiger partial charge in [-0.05, 0) is 12.0 Å². The average molecular weight is 238 g/mol. The molecule has 0 saturated carbocycles. The molecular formula is C11H18N4O2. The van der Waals surface area contributed by atoms with Crippen LogP contribution in [0, 0.1) is 16.0 Å². The molecule has 6 heteroatoms. The average Bonchev–Trinajstić information content (AvgIpc) is 2.28. The van der Waals surface area contributed by atoms with Gasteiger partial charge in [0.1, 0.15) is 5.82 Å². The zero-order valence-electron chi connectivity index (χ0n) is 10.4. The van der Waals surface area contributed by atoms with Gasteiger partial charge in [0.2, 0.25) is 5.82 Å². The molecule has 1 atom stereocenters. The minimum Gasteiger partial charge on any atom is -0.378 e. The van der Waals surface area contributed by atoms with Crippen LogP contribution in [0.5, 0.6) is 0 Å². The van der Waals surface area contributed by atoms with E-state index in [-0.39, 0.29) is 11.5 Å². The molecule has 0 aliphatic carbocycles. The Kier molecular flexibility index (Phi) is 4.25. The summed E-state index contributed by atoms with van der Waals surface area (Å²) in [7, 11) is 1.90. The quantitative estimate of drug-likeness (QED) is 0.626. The first-order valence-electron chi connectivity index (χ1n) is 5.57. The number of nitro groups is 1. The van der Waals surface area contributed by atoms with E-state index in [1.165, 1.54) is 6.07 Å². The molecule has 1 rings (SSSR count). The lowest BCUT2D eigenvalue weighted by atomic mass is 10.1. The molecule has 0 bridgehead atoms. The van der Waals surface area contributed by atoms with Gasteiger partial charge in [-0.1, -0.05) is 20.3 Å². The van der Waals surface area contributed by atoms with Crippen LogP contribution in [0.3, 0.4) is 0 Å². The summed E-state index contributed by atoms with van der Waals surface area (Å²) in [5, 5.41) is 10.6. The van der Waals surface area contributed by atoms with E-state index >= 15 is 0 Å². The summed E-state index contributed by atoms with van der Waals surface area (Å²) in [5.74, 6) is 1.16. The number of hydrogen-bond donors (Lipinski definition) is 1. The van der Waals surface area contributed by atoms with E-state index in [1.54, 1.807) is 6.07 Å². The highest BCUT2D eigenvalue weighted by Gasteiger charge is 2.15. The third-order valence-electron chi connectivity index (χ3n) is 2.76. The molecule has 0 aromatic carbocycles. The monoisotopic (exact) mass is 238 g/mol. The number of aromatic nitrogens is 1. The Bertz CT molecular complexity index is 408. The van der Waals surface area contributed by atoms with E-state index in [1.807, 2.05) is 11.9 Å². The Hall–Kier alpha value is -1.85. The van der Waals surface area contributed by atoms with Crippen LogP contribution < -0.4 is 10.6 Å². The van der Waals surface area contributed by atoms with Gasteiger partial charge in [0.25, 0.3) is 0 Å². The molecule has 2 N–H and O–H groups in total. The van der Waals surface area contributed by atoms with Crippen molar-refractivity contribution >= 4 is 17.3 Å². The van der Waals surface area contributed by atoms with Crippen molar-refractivity contribution in [3.63, 3.8) is 0 Å². The van der Waals surface area contributed by atoms with E-state index in [4.69, 9.17) is 5.73 Å². The summed E-state index contributed by atoms with van der Waals surface area (Å²) < 4.78 is 0. The Morgan fingerprint density at radius 3 is 2.71 bits per heavy atom. The van der Waals surface area contributed by atoms with Crippen molar-refractivity contribution in [3.8, 4) is 0 Å². The van der Waals surface area contributed by atoms with Gasteiger partial charge in [-0.15, -0.1) is 0 Å². The summed E-state index contributed by atoms with van der Waals surface area (Å²) in [6.07, 6.45) is 1.08. The second-order valence-corrected chi connectivity index (χ2v) is 4.22. The normalized spacial score (nSPS) is 12.2. The first-order valence-corrected chi connectivity index (χ1v) is 5.57.